The second-order valence-electron chi connectivity index (χ2n) is 8.75. The van der Waals surface area contributed by atoms with E-state index in [0.29, 0.717) is 50.9 Å². The van der Waals surface area contributed by atoms with Crippen LogP contribution in [-0.4, -0.2) is 84.0 Å². The number of amides is 3. The van der Waals surface area contributed by atoms with Crippen molar-refractivity contribution in [2.24, 2.45) is 0 Å². The maximum atomic E-state index is 13.4. The maximum absolute atomic E-state index is 13.4. The summed E-state index contributed by atoms with van der Waals surface area (Å²) in [5, 5.41) is 13.7. The molecular weight excluding hydrogens is 471 g/mol. The summed E-state index contributed by atoms with van der Waals surface area (Å²) >= 11 is 0. The van der Waals surface area contributed by atoms with Crippen molar-refractivity contribution in [3.63, 3.8) is 0 Å². The summed E-state index contributed by atoms with van der Waals surface area (Å²) in [6, 6.07) is 4.13. The Morgan fingerprint density at radius 3 is 2.49 bits per heavy atom. The van der Waals surface area contributed by atoms with Gasteiger partial charge in [-0.3, -0.25) is 9.69 Å². The largest absolute Gasteiger partial charge is 0.490 e. The van der Waals surface area contributed by atoms with Crippen molar-refractivity contribution in [1.82, 2.24) is 15.2 Å². The van der Waals surface area contributed by atoms with Crippen molar-refractivity contribution in [3.05, 3.63) is 18.3 Å². The van der Waals surface area contributed by atoms with Gasteiger partial charge in [0.25, 0.3) is 5.91 Å². The molecule has 0 aromatic carbocycles. The first-order valence-corrected chi connectivity index (χ1v) is 11.5. The molecule has 2 aliphatic heterocycles. The van der Waals surface area contributed by atoms with E-state index in [4.69, 9.17) is 14.6 Å². The number of urea groups is 1. The fourth-order valence-corrected chi connectivity index (χ4v) is 4.53. The minimum absolute atomic E-state index is 0.00307. The van der Waals surface area contributed by atoms with E-state index >= 15 is 0 Å². The number of anilines is 2. The van der Waals surface area contributed by atoms with Gasteiger partial charge in [0, 0.05) is 32.4 Å². The summed E-state index contributed by atoms with van der Waals surface area (Å²) in [6.07, 6.45) is 2.31. The third-order valence-electron chi connectivity index (χ3n) is 6.42. The Morgan fingerprint density at radius 2 is 1.91 bits per heavy atom. The smallest absolute Gasteiger partial charge is 0.475 e. The van der Waals surface area contributed by atoms with Gasteiger partial charge in [-0.2, -0.15) is 13.2 Å². The Bertz CT molecular complexity index is 915. The fourth-order valence-electron chi connectivity index (χ4n) is 4.53. The number of hydrogen-bond acceptors (Lipinski definition) is 6. The van der Waals surface area contributed by atoms with Crippen LogP contribution < -0.4 is 15.5 Å². The van der Waals surface area contributed by atoms with Gasteiger partial charge in [-0.1, -0.05) is 12.8 Å². The van der Waals surface area contributed by atoms with Crippen molar-refractivity contribution in [2.75, 3.05) is 43.6 Å². The first-order valence-electron chi connectivity index (χ1n) is 11.5. The van der Waals surface area contributed by atoms with Crippen LogP contribution in [0.4, 0.5) is 29.5 Å². The van der Waals surface area contributed by atoms with E-state index < -0.39 is 17.7 Å². The number of carboxylic acid groups (broad SMARTS) is 1. The lowest BCUT2D eigenvalue weighted by Gasteiger charge is -2.47. The molecule has 10 nitrogen and oxygen atoms in total. The van der Waals surface area contributed by atoms with E-state index in [1.54, 1.807) is 18.2 Å². The van der Waals surface area contributed by atoms with Crippen LogP contribution in [0.15, 0.2) is 18.3 Å². The normalized spacial score (nSPS) is 19.5. The van der Waals surface area contributed by atoms with Gasteiger partial charge >= 0.3 is 18.2 Å². The summed E-state index contributed by atoms with van der Waals surface area (Å²) in [6.45, 7) is 2.04. The number of alkyl halides is 3. The van der Waals surface area contributed by atoms with Crippen molar-refractivity contribution in [2.45, 2.75) is 56.3 Å². The average Bonchev–Trinajstić information content (AvgIpc) is 3.33. The van der Waals surface area contributed by atoms with E-state index in [9.17, 15) is 22.8 Å². The minimum atomic E-state index is -5.08. The Kier molecular flexibility index (Phi) is 8.41. The lowest BCUT2D eigenvalue weighted by atomic mass is 9.84. The van der Waals surface area contributed by atoms with Crippen LogP contribution in [0.2, 0.25) is 0 Å². The molecule has 35 heavy (non-hydrogen) atoms. The average molecular weight is 502 g/mol. The molecule has 1 aliphatic carbocycles. The number of likely N-dealkylation sites (tertiary alicyclic amines) is 1. The fraction of sp³-hybridized carbons (Fsp3) is 0.636. The molecule has 194 valence electrons. The lowest BCUT2D eigenvalue weighted by molar-refractivity contribution is -0.192. The molecule has 1 aromatic heterocycles. The van der Waals surface area contributed by atoms with Gasteiger partial charge in [0.1, 0.15) is 5.54 Å². The predicted molar refractivity (Wildman–Crippen MR) is 120 cm³/mol. The van der Waals surface area contributed by atoms with E-state index in [1.807, 2.05) is 17.0 Å². The molecule has 0 bridgehead atoms. The molecule has 13 heteroatoms. The molecule has 1 aromatic rings. The van der Waals surface area contributed by atoms with Crippen molar-refractivity contribution in [3.8, 4) is 0 Å². The first kappa shape index (κ1) is 26.5. The zero-order valence-corrected chi connectivity index (χ0v) is 19.4. The Morgan fingerprint density at radius 1 is 1.29 bits per heavy atom. The highest BCUT2D eigenvalue weighted by Gasteiger charge is 2.48. The molecule has 2 fully saturated rings. The van der Waals surface area contributed by atoms with Gasteiger partial charge in [0.2, 0.25) is 0 Å². The number of halogens is 3. The molecular formula is C22H30F3N5O5. The quantitative estimate of drug-likeness (QED) is 0.579. The molecule has 0 unspecified atom stereocenters. The van der Waals surface area contributed by atoms with Gasteiger partial charge in [-0.15, -0.1) is 0 Å². The summed E-state index contributed by atoms with van der Waals surface area (Å²) in [5.41, 5.74) is 0.176. The number of carbonyl (C=O) groups is 3. The second-order valence-corrected chi connectivity index (χ2v) is 8.75. The topological polar surface area (TPSA) is 124 Å². The highest BCUT2D eigenvalue weighted by atomic mass is 19.4. The van der Waals surface area contributed by atoms with Crippen LogP contribution in [0, 0.1) is 0 Å². The molecule has 0 radical (unpaired) electrons. The van der Waals surface area contributed by atoms with Gasteiger partial charge in [0.15, 0.2) is 5.82 Å². The Hall–Kier alpha value is -3.09. The van der Waals surface area contributed by atoms with E-state index in [-0.39, 0.29) is 11.9 Å². The van der Waals surface area contributed by atoms with E-state index in [2.05, 4.69) is 15.6 Å². The maximum Gasteiger partial charge on any atom is 0.490 e. The number of ether oxygens (including phenoxy) is 1. The Balaban J connectivity index is 0.000000429. The van der Waals surface area contributed by atoms with Crippen LogP contribution in [0.5, 0.6) is 0 Å². The molecule has 3 aliphatic rings. The number of aromatic nitrogens is 1. The molecule has 1 saturated heterocycles. The van der Waals surface area contributed by atoms with E-state index in [1.165, 1.54) is 12.8 Å². The molecule has 4 rings (SSSR count). The highest BCUT2D eigenvalue weighted by molar-refractivity contribution is 6.07. The number of carbonyl (C=O) groups excluding carboxylic acids is 2. The third-order valence-corrected chi connectivity index (χ3v) is 6.42. The number of nitrogens with zero attached hydrogens (tertiary/aromatic N) is 3. The number of piperidine rings is 1. The zero-order valence-electron chi connectivity index (χ0n) is 19.4. The minimum Gasteiger partial charge on any atom is -0.475 e. The number of carboxylic acids is 1. The van der Waals surface area contributed by atoms with Gasteiger partial charge in [0.05, 0.1) is 18.8 Å². The van der Waals surface area contributed by atoms with Crippen LogP contribution in [0.1, 0.15) is 38.5 Å². The highest BCUT2D eigenvalue weighted by Crippen LogP contribution is 2.38. The van der Waals surface area contributed by atoms with Gasteiger partial charge in [-0.25, -0.2) is 14.6 Å². The molecule has 3 amide bonds. The van der Waals surface area contributed by atoms with Crippen molar-refractivity contribution in [1.29, 1.82) is 0 Å². The zero-order chi connectivity index (χ0) is 25.6. The lowest BCUT2D eigenvalue weighted by Crippen LogP contribution is -2.63. The summed E-state index contributed by atoms with van der Waals surface area (Å²) in [4.78, 5) is 42.8. The summed E-state index contributed by atoms with van der Waals surface area (Å²) < 4.78 is 36.9. The number of fused-ring (bicyclic) bond motifs is 1. The summed E-state index contributed by atoms with van der Waals surface area (Å²) in [7, 11) is 1.63. The van der Waals surface area contributed by atoms with Crippen molar-refractivity contribution >= 4 is 29.4 Å². The van der Waals surface area contributed by atoms with Crippen LogP contribution >= 0.6 is 0 Å². The molecule has 3 N–H and O–H groups in total. The second kappa shape index (κ2) is 11.1. The number of rotatable bonds is 4. The van der Waals surface area contributed by atoms with Crippen LogP contribution in [0.25, 0.3) is 0 Å². The number of hydrogen-bond donors (Lipinski definition) is 3. The number of nitrogens with one attached hydrogen (secondary N) is 2. The predicted octanol–water partition coefficient (Wildman–Crippen LogP) is 2.61. The first-order chi connectivity index (χ1) is 16.6. The third kappa shape index (κ3) is 6.32. The van der Waals surface area contributed by atoms with Crippen LogP contribution in [-0.2, 0) is 14.3 Å². The Labute approximate surface area is 200 Å². The molecule has 1 saturated carbocycles. The van der Waals surface area contributed by atoms with E-state index in [0.717, 1.165) is 18.5 Å². The summed E-state index contributed by atoms with van der Waals surface area (Å²) in [5.74, 6) is -2.09. The molecule has 1 spiro atoms. The number of aliphatic carboxylic acids is 1. The van der Waals surface area contributed by atoms with Gasteiger partial charge in [-0.05, 0) is 37.8 Å². The monoisotopic (exact) mass is 501 g/mol. The SMILES string of the molecule is COCCN1C(=O)C2(CCN(C(=O)NC3CCCC3)CC2)Nc2cccnc21.O=C(O)C(F)(F)F. The molecule has 3 heterocycles. The van der Waals surface area contributed by atoms with Gasteiger partial charge < -0.3 is 25.4 Å². The van der Waals surface area contributed by atoms with Crippen molar-refractivity contribution < 1.29 is 37.4 Å². The number of methoxy groups -OCH3 is 1. The standard InChI is InChI=1S/C20H29N5O3.C2HF3O2/c1-28-14-13-25-17-16(7-4-10-21-17)23-20(18(25)26)8-11-24(12-9-20)19(27)22-15-5-2-3-6-15;3-2(4,5)1(6)7/h4,7,10,15,23H,2-3,5-6,8-9,11-14H2,1H3,(H,22,27);(H,6,7). The number of pyridine rings is 1. The van der Waals surface area contributed by atoms with Crippen LogP contribution in [0.3, 0.4) is 0 Å². The molecule has 0 atom stereocenters.